The minimum atomic E-state index is -2.82. The average molecular weight is 221 g/mol. The molecular weight excluding hydrogens is 204 g/mol. The molecule has 0 aromatic heterocycles. The lowest BCUT2D eigenvalue weighted by Gasteiger charge is -2.22. The van der Waals surface area contributed by atoms with Gasteiger partial charge in [0.1, 0.15) is 12.6 Å². The average Bonchev–Trinajstić information content (AvgIpc) is 2.14. The number of hydrogen-bond donors (Lipinski definition) is 0. The molecule has 5 heteroatoms. The van der Waals surface area contributed by atoms with Crippen LogP contribution in [0.2, 0.25) is 0 Å². The summed E-state index contributed by atoms with van der Waals surface area (Å²) in [6, 6.07) is 0. The molecule has 0 saturated carbocycles. The van der Waals surface area contributed by atoms with Gasteiger partial charge in [0, 0.05) is 19.3 Å². The van der Waals surface area contributed by atoms with Gasteiger partial charge in [-0.25, -0.2) is 8.78 Å². The molecule has 0 fully saturated rings. The summed E-state index contributed by atoms with van der Waals surface area (Å²) in [7, 11) is 1.58. The first kappa shape index (κ1) is 14.2. The molecular formula is C10H17F2NO2. The summed E-state index contributed by atoms with van der Waals surface area (Å²) < 4.78 is 26.2. The molecule has 0 aromatic rings. The first-order valence-corrected chi connectivity index (χ1v) is 4.95. The molecule has 0 unspecified atom stereocenters. The lowest BCUT2D eigenvalue weighted by Crippen LogP contribution is -2.35. The lowest BCUT2D eigenvalue weighted by molar-refractivity contribution is -0.110. The quantitative estimate of drug-likeness (QED) is 0.437. The molecule has 0 N–H and O–H groups in total. The minimum Gasteiger partial charge on any atom is -0.303 e. The van der Waals surface area contributed by atoms with Crippen molar-refractivity contribution in [3.05, 3.63) is 0 Å². The van der Waals surface area contributed by atoms with Gasteiger partial charge in [-0.3, -0.25) is 0 Å². The molecule has 0 amide bonds. The van der Waals surface area contributed by atoms with Crippen LogP contribution >= 0.6 is 0 Å². The zero-order chi connectivity index (χ0) is 11.7. The maximum Gasteiger partial charge on any atom is 0.260 e. The van der Waals surface area contributed by atoms with Gasteiger partial charge in [0.05, 0.1) is 6.54 Å². The van der Waals surface area contributed by atoms with Gasteiger partial charge in [-0.05, 0) is 20.0 Å². The smallest absolute Gasteiger partial charge is 0.260 e. The summed E-state index contributed by atoms with van der Waals surface area (Å²) in [6.07, 6.45) is 1.73. The monoisotopic (exact) mass is 221 g/mol. The Morgan fingerprint density at radius 2 is 1.80 bits per heavy atom. The van der Waals surface area contributed by atoms with Gasteiger partial charge in [0.2, 0.25) is 0 Å². The predicted octanol–water partition coefficient (Wildman–Crippen LogP) is 1.51. The molecule has 3 nitrogen and oxygen atoms in total. The van der Waals surface area contributed by atoms with E-state index in [0.717, 1.165) is 6.29 Å². The van der Waals surface area contributed by atoms with Gasteiger partial charge in [0.25, 0.3) is 5.92 Å². The third-order valence-corrected chi connectivity index (χ3v) is 1.99. The molecule has 0 rings (SSSR count). The summed E-state index contributed by atoms with van der Waals surface area (Å²) in [5, 5.41) is 0. The largest absolute Gasteiger partial charge is 0.303 e. The minimum absolute atomic E-state index is 0.116. The maximum atomic E-state index is 13.1. The van der Waals surface area contributed by atoms with E-state index in [1.165, 1.54) is 4.90 Å². The van der Waals surface area contributed by atoms with Crippen molar-refractivity contribution in [3.63, 3.8) is 0 Å². The molecule has 88 valence electrons. The Balaban J connectivity index is 3.75. The fourth-order valence-corrected chi connectivity index (χ4v) is 1.27. The van der Waals surface area contributed by atoms with Gasteiger partial charge < -0.3 is 14.5 Å². The van der Waals surface area contributed by atoms with E-state index in [4.69, 9.17) is 0 Å². The molecule has 0 radical (unpaired) electrons. The molecule has 0 aliphatic rings. The van der Waals surface area contributed by atoms with Crippen molar-refractivity contribution in [1.29, 1.82) is 0 Å². The number of halogens is 2. The van der Waals surface area contributed by atoms with E-state index in [0.29, 0.717) is 25.7 Å². The summed E-state index contributed by atoms with van der Waals surface area (Å²) in [4.78, 5) is 21.5. The van der Waals surface area contributed by atoms with Crippen LogP contribution in [0.1, 0.15) is 25.7 Å². The number of hydrogen-bond acceptors (Lipinski definition) is 3. The molecule has 0 heterocycles. The number of nitrogens with zero attached hydrogens (tertiary/aromatic N) is 1. The van der Waals surface area contributed by atoms with Crippen LogP contribution in [-0.2, 0) is 9.59 Å². The predicted molar refractivity (Wildman–Crippen MR) is 53.0 cm³/mol. The lowest BCUT2D eigenvalue weighted by atomic mass is 10.2. The van der Waals surface area contributed by atoms with Crippen molar-refractivity contribution in [2.75, 3.05) is 20.1 Å². The normalized spacial score (nSPS) is 11.7. The Morgan fingerprint density at radius 3 is 2.33 bits per heavy atom. The Hall–Kier alpha value is -0.840. The fourth-order valence-electron chi connectivity index (χ4n) is 1.27. The zero-order valence-electron chi connectivity index (χ0n) is 8.92. The van der Waals surface area contributed by atoms with Crippen LogP contribution in [0.15, 0.2) is 0 Å². The van der Waals surface area contributed by atoms with E-state index < -0.39 is 12.3 Å². The number of rotatable bonds is 9. The topological polar surface area (TPSA) is 37.4 Å². The first-order valence-electron chi connectivity index (χ1n) is 4.95. The number of carbonyl (C=O) groups excluding carboxylic acids is 2. The summed E-state index contributed by atoms with van der Waals surface area (Å²) in [5.41, 5.74) is 0. The Morgan fingerprint density at radius 1 is 1.20 bits per heavy atom. The molecule has 0 aliphatic carbocycles. The van der Waals surface area contributed by atoms with Crippen LogP contribution in [-0.4, -0.2) is 43.5 Å². The van der Waals surface area contributed by atoms with Crippen molar-refractivity contribution in [3.8, 4) is 0 Å². The Labute approximate surface area is 88.4 Å². The van der Waals surface area contributed by atoms with Gasteiger partial charge in [-0.1, -0.05) is 0 Å². The number of unbranched alkanes of at least 4 members (excludes halogenated alkanes) is 1. The van der Waals surface area contributed by atoms with Crippen LogP contribution in [0, 0.1) is 0 Å². The molecule has 0 bridgehead atoms. The van der Waals surface area contributed by atoms with Crippen LogP contribution < -0.4 is 0 Å². The number of carbonyl (C=O) groups is 2. The highest BCUT2D eigenvalue weighted by atomic mass is 19.3. The molecule has 0 aliphatic heterocycles. The van der Waals surface area contributed by atoms with Gasteiger partial charge in [-0.2, -0.15) is 0 Å². The summed E-state index contributed by atoms with van der Waals surface area (Å²) in [6.45, 7) is 0.106. The SMILES string of the molecule is CN(CCCC=O)CC(F)(F)CCC=O. The standard InChI is InChI=1S/C10H17F2NO2/c1-13(6-2-3-7-14)9-10(11,12)5-4-8-15/h7-8H,2-6,9H2,1H3. The third kappa shape index (κ3) is 8.17. The van der Waals surface area contributed by atoms with E-state index in [2.05, 4.69) is 0 Å². The fraction of sp³-hybridized carbons (Fsp3) is 0.800. The molecule has 0 saturated heterocycles. The Bertz CT molecular complexity index is 198. The van der Waals surface area contributed by atoms with Crippen molar-refractivity contribution in [1.82, 2.24) is 4.90 Å². The zero-order valence-corrected chi connectivity index (χ0v) is 8.92. The molecule has 0 aromatic carbocycles. The maximum absolute atomic E-state index is 13.1. The van der Waals surface area contributed by atoms with E-state index in [1.807, 2.05) is 0 Å². The molecule has 15 heavy (non-hydrogen) atoms. The van der Waals surface area contributed by atoms with Crippen LogP contribution in [0.25, 0.3) is 0 Å². The molecule has 0 spiro atoms. The highest BCUT2D eigenvalue weighted by molar-refractivity contribution is 5.49. The second-order valence-electron chi connectivity index (χ2n) is 3.61. The highest BCUT2D eigenvalue weighted by Crippen LogP contribution is 2.20. The number of alkyl halides is 2. The van der Waals surface area contributed by atoms with Crippen molar-refractivity contribution in [2.24, 2.45) is 0 Å². The van der Waals surface area contributed by atoms with Gasteiger partial charge in [0.15, 0.2) is 0 Å². The first-order chi connectivity index (χ1) is 7.02. The second kappa shape index (κ2) is 7.45. The summed E-state index contributed by atoms with van der Waals surface area (Å²) >= 11 is 0. The third-order valence-electron chi connectivity index (χ3n) is 1.99. The van der Waals surface area contributed by atoms with Crippen molar-refractivity contribution in [2.45, 2.75) is 31.6 Å². The van der Waals surface area contributed by atoms with Crippen LogP contribution in [0.4, 0.5) is 8.78 Å². The summed E-state index contributed by atoms with van der Waals surface area (Å²) in [5.74, 6) is -2.82. The van der Waals surface area contributed by atoms with Crippen molar-refractivity contribution >= 4 is 12.6 Å². The number of aldehydes is 2. The van der Waals surface area contributed by atoms with Gasteiger partial charge in [-0.15, -0.1) is 0 Å². The highest BCUT2D eigenvalue weighted by Gasteiger charge is 2.29. The Kier molecular flexibility index (Phi) is 7.03. The van der Waals surface area contributed by atoms with Gasteiger partial charge >= 0.3 is 0 Å². The van der Waals surface area contributed by atoms with Crippen LogP contribution in [0.5, 0.6) is 0 Å². The van der Waals surface area contributed by atoms with Crippen LogP contribution in [0.3, 0.4) is 0 Å². The van der Waals surface area contributed by atoms with E-state index in [9.17, 15) is 18.4 Å². The van der Waals surface area contributed by atoms with Crippen molar-refractivity contribution < 1.29 is 18.4 Å². The van der Waals surface area contributed by atoms with E-state index in [-0.39, 0.29) is 13.0 Å². The van der Waals surface area contributed by atoms with E-state index >= 15 is 0 Å². The molecule has 0 atom stereocenters. The van der Waals surface area contributed by atoms with E-state index in [1.54, 1.807) is 7.05 Å². The second-order valence-corrected chi connectivity index (χ2v) is 3.61.